The van der Waals surface area contributed by atoms with E-state index >= 15 is 0 Å². The highest BCUT2D eigenvalue weighted by atomic mass is 35.5. The molecule has 8 nitrogen and oxygen atoms in total. The van der Waals surface area contributed by atoms with Gasteiger partial charge < -0.3 is 14.8 Å². The zero-order valence-corrected chi connectivity index (χ0v) is 18.1. The fraction of sp³-hybridized carbons (Fsp3) is 0.0909. The Bertz CT molecular complexity index is 1360. The Kier molecular flexibility index (Phi) is 4.99. The molecule has 2 aliphatic rings. The molecule has 0 radical (unpaired) electrons. The van der Waals surface area contributed by atoms with Crippen LogP contribution in [0.15, 0.2) is 76.7 Å². The number of carbonyl (C=O) groups excluding carboxylic acids is 1. The van der Waals surface area contributed by atoms with Crippen LogP contribution >= 0.6 is 11.6 Å². The van der Waals surface area contributed by atoms with Gasteiger partial charge in [0.15, 0.2) is 11.5 Å². The van der Waals surface area contributed by atoms with Gasteiger partial charge in [-0.1, -0.05) is 41.9 Å². The Morgan fingerprint density at radius 2 is 1.81 bits per heavy atom. The first-order chi connectivity index (χ1) is 15.4. The second kappa shape index (κ2) is 7.85. The number of hydrazone groups is 1. The van der Waals surface area contributed by atoms with Gasteiger partial charge in [0.1, 0.15) is 12.3 Å². The summed E-state index contributed by atoms with van der Waals surface area (Å²) in [5, 5.41) is 7.38. The van der Waals surface area contributed by atoms with Crippen molar-refractivity contribution in [3.05, 3.63) is 82.9 Å². The van der Waals surface area contributed by atoms with Crippen molar-refractivity contribution < 1.29 is 22.7 Å². The van der Waals surface area contributed by atoms with E-state index in [2.05, 4.69) is 10.4 Å². The SMILES string of the molecule is O=C(CN1N=C(c2ccccc2)c2cc(Cl)ccc2S1(=O)=O)Nc1ccc2c(c1)OCO2. The minimum atomic E-state index is -4.06. The Morgan fingerprint density at radius 3 is 2.62 bits per heavy atom. The van der Waals surface area contributed by atoms with E-state index in [9.17, 15) is 13.2 Å². The highest BCUT2D eigenvalue weighted by molar-refractivity contribution is 7.89. The van der Waals surface area contributed by atoms with Gasteiger partial charge in [0.05, 0.1) is 4.90 Å². The summed E-state index contributed by atoms with van der Waals surface area (Å²) < 4.78 is 37.7. The molecule has 1 amide bonds. The molecular weight excluding hydrogens is 454 g/mol. The van der Waals surface area contributed by atoms with Gasteiger partial charge >= 0.3 is 0 Å². The van der Waals surface area contributed by atoms with Crippen molar-refractivity contribution in [2.45, 2.75) is 4.90 Å². The molecule has 162 valence electrons. The summed E-state index contributed by atoms with van der Waals surface area (Å²) in [5.74, 6) is 0.526. The number of hydrogen-bond donors (Lipinski definition) is 1. The van der Waals surface area contributed by atoms with Crippen molar-refractivity contribution >= 4 is 38.9 Å². The first kappa shape index (κ1) is 20.3. The monoisotopic (exact) mass is 469 g/mol. The number of benzene rings is 3. The lowest BCUT2D eigenvalue weighted by atomic mass is 10.0. The summed E-state index contributed by atoms with van der Waals surface area (Å²) in [6, 6.07) is 18.5. The van der Waals surface area contributed by atoms with Gasteiger partial charge in [-0.3, -0.25) is 4.79 Å². The Hall–Kier alpha value is -3.56. The van der Waals surface area contributed by atoms with Gasteiger partial charge in [-0.05, 0) is 30.3 Å². The van der Waals surface area contributed by atoms with E-state index in [1.807, 2.05) is 30.3 Å². The molecule has 0 aliphatic carbocycles. The van der Waals surface area contributed by atoms with Crippen LogP contribution < -0.4 is 14.8 Å². The minimum Gasteiger partial charge on any atom is -0.454 e. The third-order valence-corrected chi connectivity index (χ3v) is 6.86. The molecule has 0 aromatic heterocycles. The van der Waals surface area contributed by atoms with Crippen LogP contribution in [0.1, 0.15) is 11.1 Å². The Labute approximate surface area is 189 Å². The maximum Gasteiger partial charge on any atom is 0.280 e. The van der Waals surface area contributed by atoms with Crippen LogP contribution in [0.3, 0.4) is 0 Å². The fourth-order valence-corrected chi connectivity index (χ4v) is 5.02. The van der Waals surface area contributed by atoms with Crippen molar-refractivity contribution in [3.8, 4) is 11.5 Å². The van der Waals surface area contributed by atoms with Gasteiger partial charge in [-0.25, -0.2) is 0 Å². The predicted molar refractivity (Wildman–Crippen MR) is 119 cm³/mol. The zero-order chi connectivity index (χ0) is 22.3. The first-order valence-corrected chi connectivity index (χ1v) is 11.4. The summed E-state index contributed by atoms with van der Waals surface area (Å²) in [4.78, 5) is 12.7. The topological polar surface area (TPSA) is 97.3 Å². The maximum absolute atomic E-state index is 13.2. The number of amides is 1. The lowest BCUT2D eigenvalue weighted by molar-refractivity contribution is -0.116. The van der Waals surface area contributed by atoms with E-state index in [1.54, 1.807) is 24.3 Å². The molecule has 0 saturated heterocycles. The summed E-state index contributed by atoms with van der Waals surface area (Å²) in [5.41, 5.74) is 1.95. The number of carbonyl (C=O) groups is 1. The summed E-state index contributed by atoms with van der Waals surface area (Å²) in [6.07, 6.45) is 0. The second-order valence-electron chi connectivity index (χ2n) is 7.06. The number of fused-ring (bicyclic) bond motifs is 2. The van der Waals surface area contributed by atoms with Crippen LogP contribution in [0.4, 0.5) is 5.69 Å². The number of nitrogens with one attached hydrogen (secondary N) is 1. The van der Waals surface area contributed by atoms with Crippen LogP contribution in [-0.2, 0) is 14.8 Å². The van der Waals surface area contributed by atoms with Gasteiger partial charge in [-0.15, -0.1) is 0 Å². The third-order valence-electron chi connectivity index (χ3n) is 4.95. The van der Waals surface area contributed by atoms with Crippen molar-refractivity contribution in [3.63, 3.8) is 0 Å². The number of ether oxygens (including phenoxy) is 2. The number of anilines is 1. The highest BCUT2D eigenvalue weighted by Crippen LogP contribution is 2.34. The summed E-state index contributed by atoms with van der Waals surface area (Å²) in [6.45, 7) is -0.395. The Morgan fingerprint density at radius 1 is 1.03 bits per heavy atom. The molecule has 3 aromatic carbocycles. The second-order valence-corrected chi connectivity index (χ2v) is 9.30. The first-order valence-electron chi connectivity index (χ1n) is 9.58. The average Bonchev–Trinajstić information content (AvgIpc) is 3.24. The normalized spacial score (nSPS) is 15.7. The molecular formula is C22H16ClN3O5S. The molecule has 0 spiro atoms. The molecule has 1 N–H and O–H groups in total. The van der Waals surface area contributed by atoms with Gasteiger partial charge in [0, 0.05) is 27.9 Å². The standard InChI is InChI=1S/C22H16ClN3O5S/c23-15-6-9-20-17(10-15)22(14-4-2-1-3-5-14)25-26(32(20,28)29)12-21(27)24-16-7-8-18-19(11-16)31-13-30-18/h1-11H,12-13H2,(H,24,27). The van der Waals surface area contributed by atoms with Gasteiger partial charge in [0.2, 0.25) is 12.7 Å². The summed E-state index contributed by atoms with van der Waals surface area (Å²) >= 11 is 6.13. The number of sulfonamides is 1. The van der Waals surface area contributed by atoms with E-state index in [4.69, 9.17) is 21.1 Å². The number of rotatable bonds is 4. The maximum atomic E-state index is 13.2. The van der Waals surface area contributed by atoms with Crippen molar-refractivity contribution in [2.75, 3.05) is 18.7 Å². The van der Waals surface area contributed by atoms with Crippen molar-refractivity contribution in [1.82, 2.24) is 4.41 Å². The van der Waals surface area contributed by atoms with Gasteiger partial charge in [-0.2, -0.15) is 17.9 Å². The lowest BCUT2D eigenvalue weighted by Crippen LogP contribution is -2.38. The molecule has 0 unspecified atom stereocenters. The van der Waals surface area contributed by atoms with E-state index in [0.29, 0.717) is 39.0 Å². The molecule has 0 fully saturated rings. The quantitative estimate of drug-likeness (QED) is 0.631. The Balaban J connectivity index is 1.47. The summed E-state index contributed by atoms with van der Waals surface area (Å²) in [7, 11) is -4.06. The largest absolute Gasteiger partial charge is 0.454 e. The molecule has 10 heteroatoms. The molecule has 0 bridgehead atoms. The van der Waals surface area contributed by atoms with Crippen LogP contribution in [0.25, 0.3) is 0 Å². The number of halogens is 1. The molecule has 0 atom stereocenters. The van der Waals surface area contributed by atoms with E-state index in [0.717, 1.165) is 4.41 Å². The third kappa shape index (κ3) is 3.65. The highest BCUT2D eigenvalue weighted by Gasteiger charge is 2.34. The number of hydrogen-bond acceptors (Lipinski definition) is 6. The van der Waals surface area contributed by atoms with Crippen molar-refractivity contribution in [2.24, 2.45) is 5.10 Å². The van der Waals surface area contributed by atoms with Crippen LogP contribution in [-0.4, -0.2) is 37.8 Å². The number of nitrogens with zero attached hydrogens (tertiary/aromatic N) is 2. The molecule has 0 saturated carbocycles. The van der Waals surface area contributed by atoms with Crippen LogP contribution in [0.5, 0.6) is 11.5 Å². The van der Waals surface area contributed by atoms with Crippen molar-refractivity contribution in [1.29, 1.82) is 0 Å². The zero-order valence-electron chi connectivity index (χ0n) is 16.5. The van der Waals surface area contributed by atoms with Crippen LogP contribution in [0.2, 0.25) is 5.02 Å². The van der Waals surface area contributed by atoms with E-state index in [-0.39, 0.29) is 11.7 Å². The van der Waals surface area contributed by atoms with E-state index in [1.165, 1.54) is 12.1 Å². The molecule has 5 rings (SSSR count). The molecule has 2 aliphatic heterocycles. The lowest BCUT2D eigenvalue weighted by Gasteiger charge is -2.27. The van der Waals surface area contributed by atoms with E-state index < -0.39 is 22.5 Å². The van der Waals surface area contributed by atoms with Crippen LogP contribution in [0, 0.1) is 0 Å². The fourth-order valence-electron chi connectivity index (χ4n) is 3.47. The molecule has 2 heterocycles. The molecule has 32 heavy (non-hydrogen) atoms. The van der Waals surface area contributed by atoms with Gasteiger partial charge in [0.25, 0.3) is 10.0 Å². The molecule has 3 aromatic rings. The minimum absolute atomic E-state index is 0.0339. The predicted octanol–water partition coefficient (Wildman–Crippen LogP) is 3.46. The average molecular weight is 470 g/mol. The smallest absolute Gasteiger partial charge is 0.280 e.